The van der Waals surface area contributed by atoms with Gasteiger partial charge in [-0.25, -0.2) is 14.4 Å². The van der Waals surface area contributed by atoms with Crippen LogP contribution in [0.1, 0.15) is 11.1 Å². The number of carbonyl (C=O) groups excluding carboxylic acids is 1. The number of alkyl halides is 5. The second-order valence-corrected chi connectivity index (χ2v) is 8.27. The number of amides is 1. The number of methoxy groups -OCH3 is 2. The largest absolute Gasteiger partial charge is 0.493 e. The maximum absolute atomic E-state index is 14.8. The van der Waals surface area contributed by atoms with Gasteiger partial charge in [0.25, 0.3) is 5.91 Å². The van der Waals surface area contributed by atoms with E-state index in [2.05, 4.69) is 9.97 Å². The average molecular weight is 572 g/mol. The van der Waals surface area contributed by atoms with Gasteiger partial charge in [-0.2, -0.15) is 22.0 Å². The molecule has 0 atom stereocenters. The van der Waals surface area contributed by atoms with Gasteiger partial charge in [-0.3, -0.25) is 4.79 Å². The Morgan fingerprint density at radius 2 is 1.59 bits per heavy atom. The van der Waals surface area contributed by atoms with E-state index in [4.69, 9.17) is 25.8 Å². The smallest absolute Gasteiger partial charge is 0.417 e. The van der Waals surface area contributed by atoms with Crippen LogP contribution in [0.15, 0.2) is 54.9 Å². The van der Waals surface area contributed by atoms with E-state index >= 15 is 0 Å². The molecule has 0 saturated heterocycles. The van der Waals surface area contributed by atoms with Crippen LogP contribution in [0.25, 0.3) is 10.9 Å². The zero-order valence-electron chi connectivity index (χ0n) is 19.9. The van der Waals surface area contributed by atoms with Crippen LogP contribution < -0.4 is 19.5 Å². The van der Waals surface area contributed by atoms with Crippen LogP contribution in [0, 0.1) is 5.82 Å². The van der Waals surface area contributed by atoms with Gasteiger partial charge < -0.3 is 19.5 Å². The minimum absolute atomic E-state index is 0.0548. The summed E-state index contributed by atoms with van der Waals surface area (Å²) in [7, 11) is 2.83. The van der Waals surface area contributed by atoms with Gasteiger partial charge in [0.1, 0.15) is 17.9 Å². The minimum atomic E-state index is -4.89. The number of anilines is 1. The van der Waals surface area contributed by atoms with Gasteiger partial charge in [0, 0.05) is 17.8 Å². The summed E-state index contributed by atoms with van der Waals surface area (Å²) in [6.45, 7) is 0. The number of ether oxygens (including phenoxy) is 3. The molecule has 0 aliphatic carbocycles. The third-order valence-corrected chi connectivity index (χ3v) is 5.74. The van der Waals surface area contributed by atoms with E-state index in [-0.39, 0.29) is 11.6 Å². The number of hydrogen-bond donors (Lipinski definition) is 1. The van der Waals surface area contributed by atoms with Gasteiger partial charge in [-0.1, -0.05) is 11.6 Å². The van der Waals surface area contributed by atoms with Gasteiger partial charge in [0.05, 0.1) is 41.3 Å². The highest BCUT2D eigenvalue weighted by Crippen LogP contribution is 2.39. The highest BCUT2D eigenvalue weighted by molar-refractivity contribution is 6.31. The molecule has 0 bridgehead atoms. The van der Waals surface area contributed by atoms with E-state index in [9.17, 15) is 31.1 Å². The summed E-state index contributed by atoms with van der Waals surface area (Å²) < 4.78 is 99.6. The Morgan fingerprint density at radius 1 is 0.897 bits per heavy atom. The van der Waals surface area contributed by atoms with Gasteiger partial charge >= 0.3 is 12.1 Å². The Hall–Kier alpha value is -4.26. The monoisotopic (exact) mass is 571 g/mol. The molecule has 39 heavy (non-hydrogen) atoms. The molecule has 0 aliphatic rings. The molecule has 0 spiro atoms. The van der Waals surface area contributed by atoms with Gasteiger partial charge in [0.2, 0.25) is 5.88 Å². The lowest BCUT2D eigenvalue weighted by atomic mass is 10.1. The molecule has 0 saturated carbocycles. The number of rotatable bonds is 7. The summed E-state index contributed by atoms with van der Waals surface area (Å²) >= 11 is 5.50. The number of benzene rings is 3. The van der Waals surface area contributed by atoms with Crippen LogP contribution in [-0.4, -0.2) is 30.1 Å². The summed E-state index contributed by atoms with van der Waals surface area (Å²) in [5.74, 6) is -7.65. The highest BCUT2D eigenvalue weighted by atomic mass is 35.5. The fourth-order valence-electron chi connectivity index (χ4n) is 3.52. The van der Waals surface area contributed by atoms with Crippen LogP contribution in [0.3, 0.4) is 0 Å². The van der Waals surface area contributed by atoms with Crippen LogP contribution in [0.2, 0.25) is 5.02 Å². The van der Waals surface area contributed by atoms with Crippen molar-refractivity contribution in [3.05, 3.63) is 76.8 Å². The zero-order valence-corrected chi connectivity index (χ0v) is 20.6. The summed E-state index contributed by atoms with van der Waals surface area (Å²) in [5, 5.41) is 1.30. The first kappa shape index (κ1) is 27.8. The SMILES string of the molecule is COc1cc2ncnc(Oc3ccc(C(F)(F)C(=O)Nc4ccc(Cl)c(C(F)(F)F)c4)c(F)c3)c2cc1OC. The number of hydrogen-bond acceptors (Lipinski definition) is 6. The van der Waals surface area contributed by atoms with E-state index in [1.54, 1.807) is 11.4 Å². The number of nitrogens with zero attached hydrogens (tertiary/aromatic N) is 2. The maximum Gasteiger partial charge on any atom is 0.417 e. The molecule has 1 heterocycles. The molecule has 3 aromatic carbocycles. The van der Waals surface area contributed by atoms with Crippen molar-refractivity contribution >= 4 is 34.1 Å². The second kappa shape index (κ2) is 10.5. The minimum Gasteiger partial charge on any atom is -0.493 e. The van der Waals surface area contributed by atoms with Gasteiger partial charge in [-0.15, -0.1) is 0 Å². The first-order valence-electron chi connectivity index (χ1n) is 10.8. The molecule has 14 heteroatoms. The molecule has 0 unspecified atom stereocenters. The number of carbonyl (C=O) groups is 1. The topological polar surface area (TPSA) is 82.6 Å². The molecule has 4 rings (SSSR count). The summed E-state index contributed by atoms with van der Waals surface area (Å²) in [4.78, 5) is 20.3. The van der Waals surface area contributed by atoms with E-state index in [1.807, 2.05) is 0 Å². The number of halogens is 7. The second-order valence-electron chi connectivity index (χ2n) is 7.87. The Kier molecular flexibility index (Phi) is 7.46. The molecule has 1 aromatic heterocycles. The van der Waals surface area contributed by atoms with Crippen molar-refractivity contribution in [2.24, 2.45) is 0 Å². The average Bonchev–Trinajstić information content (AvgIpc) is 2.88. The lowest BCUT2D eigenvalue weighted by molar-refractivity contribution is -0.141. The highest BCUT2D eigenvalue weighted by Gasteiger charge is 2.44. The number of nitrogens with one attached hydrogen (secondary N) is 1. The van der Waals surface area contributed by atoms with Gasteiger partial charge in [0.15, 0.2) is 11.5 Å². The zero-order chi connectivity index (χ0) is 28.5. The molecule has 0 radical (unpaired) electrons. The van der Waals surface area contributed by atoms with Crippen LogP contribution in [0.5, 0.6) is 23.1 Å². The van der Waals surface area contributed by atoms with Crippen molar-refractivity contribution in [3.8, 4) is 23.1 Å². The predicted molar refractivity (Wildman–Crippen MR) is 128 cm³/mol. The normalized spacial score (nSPS) is 11.8. The van der Waals surface area contributed by atoms with Crippen molar-refractivity contribution in [2.45, 2.75) is 12.1 Å². The Morgan fingerprint density at radius 3 is 2.23 bits per heavy atom. The molecule has 0 fully saturated rings. The first-order valence-corrected chi connectivity index (χ1v) is 11.1. The Balaban J connectivity index is 1.59. The van der Waals surface area contributed by atoms with Crippen LogP contribution >= 0.6 is 11.6 Å². The van der Waals surface area contributed by atoms with E-state index < -0.39 is 45.7 Å². The summed E-state index contributed by atoms with van der Waals surface area (Å²) in [6, 6.07) is 7.31. The number of fused-ring (bicyclic) bond motifs is 1. The molecule has 7 nitrogen and oxygen atoms in total. The quantitative estimate of drug-likeness (QED) is 0.241. The Labute approximate surface area is 221 Å². The van der Waals surface area contributed by atoms with Crippen molar-refractivity contribution in [1.29, 1.82) is 0 Å². The van der Waals surface area contributed by atoms with E-state index in [0.717, 1.165) is 24.5 Å². The molecule has 1 N–H and O–H groups in total. The van der Waals surface area contributed by atoms with Gasteiger partial charge in [-0.05, 0) is 36.4 Å². The van der Waals surface area contributed by atoms with E-state index in [1.165, 1.54) is 20.3 Å². The fraction of sp³-hybridized carbons (Fsp3) is 0.160. The molecule has 1 amide bonds. The van der Waals surface area contributed by atoms with Crippen molar-refractivity contribution in [1.82, 2.24) is 9.97 Å². The third kappa shape index (κ3) is 5.62. The molecule has 204 valence electrons. The lowest BCUT2D eigenvalue weighted by Crippen LogP contribution is -2.33. The summed E-state index contributed by atoms with van der Waals surface area (Å²) in [5.41, 5.74) is -2.91. The third-order valence-electron chi connectivity index (χ3n) is 5.41. The Bertz CT molecular complexity index is 1570. The standard InChI is InChI=1S/C25H16ClF6N3O4/c1-37-20-9-14-19(10-21(20)38-2)33-11-34-22(14)39-13-4-5-15(18(27)8-13)24(28,29)23(36)35-12-3-6-17(26)16(7-12)25(30,31)32/h3-11H,1-2H3,(H,35,36). The predicted octanol–water partition coefficient (Wildman–Crippen LogP) is 6.98. The first-order chi connectivity index (χ1) is 18.3. The van der Waals surface area contributed by atoms with E-state index in [0.29, 0.717) is 40.6 Å². The number of aromatic nitrogens is 2. The summed E-state index contributed by atoms with van der Waals surface area (Å²) in [6.07, 6.45) is -3.73. The van der Waals surface area contributed by atoms with Crippen LogP contribution in [-0.2, 0) is 16.9 Å². The van der Waals surface area contributed by atoms with Crippen molar-refractivity contribution < 1.29 is 45.3 Å². The maximum atomic E-state index is 14.8. The van der Waals surface area contributed by atoms with Crippen molar-refractivity contribution in [3.63, 3.8) is 0 Å². The molecule has 0 aliphatic heterocycles. The molecular weight excluding hydrogens is 556 g/mol. The molecule has 4 aromatic rings. The van der Waals surface area contributed by atoms with Crippen molar-refractivity contribution in [2.75, 3.05) is 19.5 Å². The lowest BCUT2D eigenvalue weighted by Gasteiger charge is -2.18. The molecular formula is C25H16ClF6N3O4. The van der Waals surface area contributed by atoms with Crippen LogP contribution in [0.4, 0.5) is 32.0 Å². The fourth-order valence-corrected chi connectivity index (χ4v) is 3.74.